The van der Waals surface area contributed by atoms with Crippen LogP contribution in [0.3, 0.4) is 0 Å². The molecule has 24 heavy (non-hydrogen) atoms. The minimum absolute atomic E-state index is 0.124. The van der Waals surface area contributed by atoms with Crippen LogP contribution in [-0.4, -0.2) is 41.7 Å². The average Bonchev–Trinajstić information content (AvgIpc) is 3.02. The molecular weight excluding hydrogens is 313 g/mol. The fourth-order valence-corrected chi connectivity index (χ4v) is 3.01. The molecule has 6 nitrogen and oxygen atoms in total. The van der Waals surface area contributed by atoms with E-state index >= 15 is 0 Å². The number of benzene rings is 1. The van der Waals surface area contributed by atoms with Crippen LogP contribution >= 0.6 is 0 Å². The van der Waals surface area contributed by atoms with Crippen molar-refractivity contribution >= 4 is 22.7 Å². The Labute approximate surface area is 139 Å². The molecule has 0 amide bonds. The van der Waals surface area contributed by atoms with Crippen molar-refractivity contribution < 1.29 is 18.7 Å². The molecule has 0 unspecified atom stereocenters. The zero-order valence-electron chi connectivity index (χ0n) is 14.0. The lowest BCUT2D eigenvalue weighted by Gasteiger charge is -2.26. The molecule has 0 aliphatic carbocycles. The first-order chi connectivity index (χ1) is 11.5. The zero-order chi connectivity index (χ0) is 17.3. The summed E-state index contributed by atoms with van der Waals surface area (Å²) in [5.41, 5.74) is 0.473. The number of halogens is 1. The van der Waals surface area contributed by atoms with Crippen molar-refractivity contribution in [2.75, 3.05) is 18.6 Å². The highest BCUT2D eigenvalue weighted by Crippen LogP contribution is 2.33. The van der Waals surface area contributed by atoms with Crippen molar-refractivity contribution in [2.24, 2.45) is 0 Å². The van der Waals surface area contributed by atoms with Gasteiger partial charge in [0.05, 0.1) is 18.7 Å². The molecule has 0 spiro atoms. The van der Waals surface area contributed by atoms with Gasteiger partial charge in [-0.3, -0.25) is 0 Å². The van der Waals surface area contributed by atoms with Crippen molar-refractivity contribution in [2.45, 2.75) is 38.8 Å². The quantitative estimate of drug-likeness (QED) is 0.802. The van der Waals surface area contributed by atoms with E-state index in [9.17, 15) is 9.18 Å². The maximum Gasteiger partial charge on any atom is 0.329 e. The number of anilines is 1. The fraction of sp³-hybridized carbons (Fsp3) is 0.471. The van der Waals surface area contributed by atoms with Gasteiger partial charge in [-0.25, -0.2) is 19.2 Å². The van der Waals surface area contributed by atoms with E-state index in [0.29, 0.717) is 29.7 Å². The minimum Gasteiger partial charge on any atom is -0.494 e. The molecule has 2 aromatic rings. The van der Waals surface area contributed by atoms with Gasteiger partial charge >= 0.3 is 5.97 Å². The molecule has 1 aliphatic heterocycles. The van der Waals surface area contributed by atoms with Gasteiger partial charge in [-0.05, 0) is 32.8 Å². The first-order valence-electron chi connectivity index (χ1n) is 7.96. The Bertz CT molecular complexity index is 766. The van der Waals surface area contributed by atoms with Crippen molar-refractivity contribution in [3.63, 3.8) is 0 Å². The maximum absolute atomic E-state index is 13.9. The molecule has 0 saturated carbocycles. The van der Waals surface area contributed by atoms with Crippen LogP contribution in [0.5, 0.6) is 5.75 Å². The van der Waals surface area contributed by atoms with Gasteiger partial charge in [0.25, 0.3) is 0 Å². The summed E-state index contributed by atoms with van der Waals surface area (Å²) in [6.07, 6.45) is 2.78. The second-order valence-corrected chi connectivity index (χ2v) is 6.04. The normalized spacial score (nSPS) is 17.5. The van der Waals surface area contributed by atoms with Crippen LogP contribution in [0.15, 0.2) is 18.5 Å². The minimum atomic E-state index is -0.480. The van der Waals surface area contributed by atoms with E-state index in [1.54, 1.807) is 6.07 Å². The molecule has 2 heterocycles. The van der Waals surface area contributed by atoms with Crippen molar-refractivity contribution in [1.29, 1.82) is 0 Å². The molecule has 1 atom stereocenters. The SMILES string of the molecule is COc1cc2c(N3CCC[C@H]3C(=O)OC(C)C)ncnc2cc1F. The first-order valence-corrected chi connectivity index (χ1v) is 7.96. The topological polar surface area (TPSA) is 64.5 Å². The first kappa shape index (κ1) is 16.4. The zero-order valence-corrected chi connectivity index (χ0v) is 14.0. The maximum atomic E-state index is 13.9. The van der Waals surface area contributed by atoms with Crippen LogP contribution in [0.2, 0.25) is 0 Å². The van der Waals surface area contributed by atoms with E-state index in [4.69, 9.17) is 9.47 Å². The van der Waals surface area contributed by atoms with Crippen LogP contribution in [0, 0.1) is 5.82 Å². The molecule has 1 aliphatic rings. The van der Waals surface area contributed by atoms with E-state index in [0.717, 1.165) is 6.42 Å². The summed E-state index contributed by atoms with van der Waals surface area (Å²) in [5.74, 6) is -0.0178. The molecule has 1 aromatic heterocycles. The predicted octanol–water partition coefficient (Wildman–Crippen LogP) is 2.70. The fourth-order valence-electron chi connectivity index (χ4n) is 3.01. The highest BCUT2D eigenvalue weighted by molar-refractivity contribution is 5.93. The number of hydrogen-bond acceptors (Lipinski definition) is 6. The highest BCUT2D eigenvalue weighted by Gasteiger charge is 2.34. The number of rotatable bonds is 4. The van der Waals surface area contributed by atoms with Crippen LogP contribution in [-0.2, 0) is 9.53 Å². The largest absolute Gasteiger partial charge is 0.494 e. The lowest BCUT2D eigenvalue weighted by Crippen LogP contribution is -2.39. The molecule has 0 N–H and O–H groups in total. The summed E-state index contributed by atoms with van der Waals surface area (Å²) >= 11 is 0. The van der Waals surface area contributed by atoms with Gasteiger partial charge < -0.3 is 14.4 Å². The number of ether oxygens (including phenoxy) is 2. The van der Waals surface area contributed by atoms with E-state index in [1.165, 1.54) is 19.5 Å². The Morgan fingerprint density at radius 2 is 2.17 bits per heavy atom. The molecule has 0 bridgehead atoms. The Morgan fingerprint density at radius 1 is 1.38 bits per heavy atom. The highest BCUT2D eigenvalue weighted by atomic mass is 19.1. The van der Waals surface area contributed by atoms with Crippen LogP contribution in [0.1, 0.15) is 26.7 Å². The molecule has 1 saturated heterocycles. The van der Waals surface area contributed by atoms with Gasteiger partial charge in [-0.15, -0.1) is 0 Å². The molecular formula is C17H20FN3O3. The number of methoxy groups -OCH3 is 1. The second kappa shape index (κ2) is 6.59. The molecule has 0 radical (unpaired) electrons. The Morgan fingerprint density at radius 3 is 2.88 bits per heavy atom. The van der Waals surface area contributed by atoms with E-state index < -0.39 is 5.82 Å². The third-order valence-electron chi connectivity index (χ3n) is 4.04. The Kier molecular flexibility index (Phi) is 4.51. The predicted molar refractivity (Wildman–Crippen MR) is 87.6 cm³/mol. The number of aromatic nitrogens is 2. The molecule has 3 rings (SSSR count). The summed E-state index contributed by atoms with van der Waals surface area (Å²) < 4.78 is 24.3. The lowest BCUT2D eigenvalue weighted by molar-refractivity contribution is -0.148. The summed E-state index contributed by atoms with van der Waals surface area (Å²) in [4.78, 5) is 22.7. The standard InChI is InChI=1S/C17H20FN3O3/c1-10(2)24-17(22)14-5-4-6-21(14)16-11-7-15(23-3)12(18)8-13(11)19-9-20-16/h7-10,14H,4-6H2,1-3H3/t14-/m0/s1. The number of esters is 1. The van der Waals surface area contributed by atoms with Gasteiger partial charge in [0.1, 0.15) is 18.2 Å². The van der Waals surface area contributed by atoms with Crippen LogP contribution in [0.4, 0.5) is 10.2 Å². The van der Waals surface area contributed by atoms with Crippen molar-refractivity contribution in [3.05, 3.63) is 24.3 Å². The van der Waals surface area contributed by atoms with Crippen LogP contribution < -0.4 is 9.64 Å². The summed E-state index contributed by atoms with van der Waals surface area (Å²) in [5, 5.41) is 0.653. The van der Waals surface area contributed by atoms with E-state index in [1.807, 2.05) is 18.7 Å². The smallest absolute Gasteiger partial charge is 0.329 e. The van der Waals surface area contributed by atoms with E-state index in [2.05, 4.69) is 9.97 Å². The van der Waals surface area contributed by atoms with Gasteiger partial charge in [0.2, 0.25) is 0 Å². The van der Waals surface area contributed by atoms with Crippen molar-refractivity contribution in [3.8, 4) is 5.75 Å². The van der Waals surface area contributed by atoms with Gasteiger partial charge in [0, 0.05) is 18.0 Å². The number of hydrogen-bond donors (Lipinski definition) is 0. The number of nitrogens with zero attached hydrogens (tertiary/aromatic N) is 3. The number of carbonyl (C=O) groups excluding carboxylic acids is 1. The molecule has 128 valence electrons. The Balaban J connectivity index is 2.03. The number of fused-ring (bicyclic) bond motifs is 1. The third kappa shape index (κ3) is 2.98. The summed E-state index contributed by atoms with van der Waals surface area (Å²) in [6, 6.07) is 2.50. The van der Waals surface area contributed by atoms with Crippen LogP contribution in [0.25, 0.3) is 10.9 Å². The Hall–Kier alpha value is -2.44. The van der Waals surface area contributed by atoms with Gasteiger partial charge in [-0.2, -0.15) is 0 Å². The number of carbonyl (C=O) groups is 1. The molecule has 1 fully saturated rings. The van der Waals surface area contributed by atoms with Gasteiger partial charge in [0.15, 0.2) is 11.6 Å². The monoisotopic (exact) mass is 333 g/mol. The molecule has 1 aromatic carbocycles. The van der Waals surface area contributed by atoms with E-state index in [-0.39, 0.29) is 23.9 Å². The summed E-state index contributed by atoms with van der Waals surface area (Å²) in [6.45, 7) is 4.33. The third-order valence-corrected chi connectivity index (χ3v) is 4.04. The van der Waals surface area contributed by atoms with Gasteiger partial charge in [-0.1, -0.05) is 0 Å². The summed E-state index contributed by atoms with van der Waals surface area (Å²) in [7, 11) is 1.41. The second-order valence-electron chi connectivity index (χ2n) is 6.04. The average molecular weight is 333 g/mol. The lowest BCUT2D eigenvalue weighted by atomic mass is 10.2. The van der Waals surface area contributed by atoms with Crippen molar-refractivity contribution in [1.82, 2.24) is 9.97 Å². The molecule has 7 heteroatoms.